The number of carbonyl (C=O) groups is 1. The molecule has 0 amide bonds. The molecular formula is C23H31N3O4. The van der Waals surface area contributed by atoms with Crippen LogP contribution in [0.2, 0.25) is 0 Å². The molecule has 30 heavy (non-hydrogen) atoms. The third-order valence-corrected chi connectivity index (χ3v) is 5.37. The predicted molar refractivity (Wildman–Crippen MR) is 118 cm³/mol. The fraction of sp³-hybridized carbons (Fsp3) is 0.478. The van der Waals surface area contributed by atoms with Crippen LogP contribution in [-0.4, -0.2) is 26.6 Å². The molecule has 7 nitrogen and oxygen atoms in total. The molecule has 0 aliphatic carbocycles. The lowest BCUT2D eigenvalue weighted by molar-refractivity contribution is -0.385. The van der Waals surface area contributed by atoms with E-state index in [0.29, 0.717) is 34.7 Å². The van der Waals surface area contributed by atoms with Gasteiger partial charge in [0, 0.05) is 18.2 Å². The van der Waals surface area contributed by atoms with Crippen molar-refractivity contribution in [1.29, 1.82) is 0 Å². The number of hydrogen-bond acceptors (Lipinski definition) is 5. The third-order valence-electron chi connectivity index (χ3n) is 5.37. The lowest BCUT2D eigenvalue weighted by atomic mass is 9.90. The van der Waals surface area contributed by atoms with Gasteiger partial charge in [-0.2, -0.15) is 5.10 Å². The van der Waals surface area contributed by atoms with Gasteiger partial charge in [0.05, 0.1) is 22.8 Å². The van der Waals surface area contributed by atoms with Crippen LogP contribution in [0.3, 0.4) is 0 Å². The van der Waals surface area contributed by atoms with Crippen LogP contribution >= 0.6 is 0 Å². The van der Waals surface area contributed by atoms with Gasteiger partial charge in [0.2, 0.25) is 5.88 Å². The molecule has 0 aliphatic rings. The summed E-state index contributed by atoms with van der Waals surface area (Å²) in [5.41, 5.74) is 3.64. The second kappa shape index (κ2) is 9.69. The van der Waals surface area contributed by atoms with Crippen molar-refractivity contribution >= 4 is 17.0 Å². The maximum absolute atomic E-state index is 13.5. The van der Waals surface area contributed by atoms with Gasteiger partial charge in [0.15, 0.2) is 5.78 Å². The molecule has 1 aromatic heterocycles. The quantitative estimate of drug-likeness (QED) is 0.297. The van der Waals surface area contributed by atoms with Crippen LogP contribution in [0.25, 0.3) is 5.57 Å². The molecule has 0 saturated carbocycles. The number of aromatic nitrogens is 2. The van der Waals surface area contributed by atoms with Crippen LogP contribution in [0.5, 0.6) is 5.88 Å². The van der Waals surface area contributed by atoms with E-state index in [1.165, 1.54) is 18.3 Å². The van der Waals surface area contributed by atoms with E-state index in [1.807, 2.05) is 41.5 Å². The third kappa shape index (κ3) is 4.61. The van der Waals surface area contributed by atoms with Crippen molar-refractivity contribution in [2.24, 2.45) is 0 Å². The average molecular weight is 414 g/mol. The number of allylic oxidation sites excluding steroid dienone is 2. The normalized spacial score (nSPS) is 11.8. The number of hydrogen-bond donors (Lipinski definition) is 0. The van der Waals surface area contributed by atoms with Crippen molar-refractivity contribution in [2.45, 2.75) is 74.0 Å². The number of ketones is 1. The SMILES string of the molecule is CCCn1ncc(C(=O)c2ccc([N+](=O)[O-])c(C(C)=C(C)C)c2C)c1OC(C)CC. The van der Waals surface area contributed by atoms with Crippen LogP contribution < -0.4 is 4.74 Å². The first-order valence-corrected chi connectivity index (χ1v) is 10.3. The zero-order valence-electron chi connectivity index (χ0n) is 18.9. The minimum Gasteiger partial charge on any atom is -0.474 e. The van der Waals surface area contributed by atoms with Gasteiger partial charge in [-0.25, -0.2) is 4.68 Å². The van der Waals surface area contributed by atoms with Gasteiger partial charge in [-0.15, -0.1) is 0 Å². The molecule has 0 bridgehead atoms. The Kier molecular flexibility index (Phi) is 7.54. The summed E-state index contributed by atoms with van der Waals surface area (Å²) in [7, 11) is 0. The highest BCUT2D eigenvalue weighted by atomic mass is 16.6. The van der Waals surface area contributed by atoms with Gasteiger partial charge in [-0.3, -0.25) is 14.9 Å². The molecule has 2 aromatic rings. The van der Waals surface area contributed by atoms with Crippen LogP contribution in [0.15, 0.2) is 23.9 Å². The number of aryl methyl sites for hydroxylation is 1. The van der Waals surface area contributed by atoms with E-state index in [-0.39, 0.29) is 17.6 Å². The molecule has 0 radical (unpaired) electrons. The molecular weight excluding hydrogens is 382 g/mol. The maximum atomic E-state index is 13.5. The Labute approximate surface area is 177 Å². The van der Waals surface area contributed by atoms with Crippen molar-refractivity contribution in [1.82, 2.24) is 9.78 Å². The largest absolute Gasteiger partial charge is 0.474 e. The highest BCUT2D eigenvalue weighted by Crippen LogP contribution is 2.34. The van der Waals surface area contributed by atoms with Crippen LogP contribution in [0.4, 0.5) is 5.69 Å². The molecule has 2 rings (SSSR count). The first-order chi connectivity index (χ1) is 14.1. The molecule has 1 atom stereocenters. The van der Waals surface area contributed by atoms with Crippen LogP contribution in [-0.2, 0) is 6.54 Å². The first-order valence-electron chi connectivity index (χ1n) is 10.3. The molecule has 0 spiro atoms. The van der Waals surface area contributed by atoms with Gasteiger partial charge in [0.25, 0.3) is 5.69 Å². The van der Waals surface area contributed by atoms with Crippen molar-refractivity contribution in [3.63, 3.8) is 0 Å². The van der Waals surface area contributed by atoms with Gasteiger partial charge >= 0.3 is 0 Å². The minimum atomic E-state index is -0.403. The van der Waals surface area contributed by atoms with E-state index in [4.69, 9.17) is 4.74 Å². The van der Waals surface area contributed by atoms with Crippen LogP contribution in [0, 0.1) is 17.0 Å². The van der Waals surface area contributed by atoms with E-state index in [9.17, 15) is 14.9 Å². The average Bonchev–Trinajstić information content (AvgIpc) is 3.08. The Morgan fingerprint density at radius 1 is 1.23 bits per heavy atom. The van der Waals surface area contributed by atoms with E-state index in [2.05, 4.69) is 5.10 Å². The summed E-state index contributed by atoms with van der Waals surface area (Å²) in [6.07, 6.45) is 3.12. The lowest BCUT2D eigenvalue weighted by Gasteiger charge is -2.16. The van der Waals surface area contributed by atoms with E-state index < -0.39 is 4.92 Å². The minimum absolute atomic E-state index is 0.000469. The summed E-state index contributed by atoms with van der Waals surface area (Å²) in [6.45, 7) is 14.0. The van der Waals surface area contributed by atoms with E-state index in [0.717, 1.165) is 24.0 Å². The second-order valence-corrected chi connectivity index (χ2v) is 7.77. The highest BCUT2D eigenvalue weighted by Gasteiger charge is 2.27. The van der Waals surface area contributed by atoms with Crippen molar-refractivity contribution in [3.05, 3.63) is 56.3 Å². The lowest BCUT2D eigenvalue weighted by Crippen LogP contribution is -2.16. The maximum Gasteiger partial charge on any atom is 0.277 e. The zero-order chi connectivity index (χ0) is 22.6. The Bertz CT molecular complexity index is 985. The molecule has 7 heteroatoms. The Hall–Kier alpha value is -2.96. The topological polar surface area (TPSA) is 87.3 Å². The fourth-order valence-electron chi connectivity index (χ4n) is 3.26. The number of rotatable bonds is 9. The summed E-state index contributed by atoms with van der Waals surface area (Å²) >= 11 is 0. The number of nitrogens with zero attached hydrogens (tertiary/aromatic N) is 3. The van der Waals surface area contributed by atoms with E-state index in [1.54, 1.807) is 11.6 Å². The zero-order valence-corrected chi connectivity index (χ0v) is 18.9. The summed E-state index contributed by atoms with van der Waals surface area (Å²) in [5, 5.41) is 16.0. The highest BCUT2D eigenvalue weighted by molar-refractivity contribution is 6.12. The van der Waals surface area contributed by atoms with Gasteiger partial charge in [0.1, 0.15) is 5.56 Å². The Morgan fingerprint density at radius 3 is 2.43 bits per heavy atom. The fourth-order valence-corrected chi connectivity index (χ4v) is 3.26. The molecule has 1 aromatic carbocycles. The summed E-state index contributed by atoms with van der Waals surface area (Å²) in [4.78, 5) is 24.7. The Morgan fingerprint density at radius 2 is 1.90 bits per heavy atom. The smallest absolute Gasteiger partial charge is 0.277 e. The molecule has 0 aliphatic heterocycles. The predicted octanol–water partition coefficient (Wildman–Crippen LogP) is 5.73. The molecule has 1 heterocycles. The van der Waals surface area contributed by atoms with Crippen LogP contribution in [0.1, 0.15) is 81.4 Å². The second-order valence-electron chi connectivity index (χ2n) is 7.77. The number of nitro groups is 1. The van der Waals surface area contributed by atoms with Gasteiger partial charge < -0.3 is 4.74 Å². The molecule has 0 fully saturated rings. The van der Waals surface area contributed by atoms with Crippen molar-refractivity contribution in [2.75, 3.05) is 0 Å². The number of carbonyl (C=O) groups excluding carboxylic acids is 1. The molecule has 0 N–H and O–H groups in total. The number of benzene rings is 1. The molecule has 162 valence electrons. The van der Waals surface area contributed by atoms with E-state index >= 15 is 0 Å². The molecule has 1 unspecified atom stereocenters. The summed E-state index contributed by atoms with van der Waals surface area (Å²) in [5.74, 6) is 0.209. The van der Waals surface area contributed by atoms with Gasteiger partial charge in [-0.1, -0.05) is 19.4 Å². The first kappa shape index (κ1) is 23.3. The number of nitro benzene ring substituents is 1. The summed E-state index contributed by atoms with van der Waals surface area (Å²) < 4.78 is 7.75. The van der Waals surface area contributed by atoms with Gasteiger partial charge in [-0.05, 0) is 64.7 Å². The molecule has 0 saturated heterocycles. The standard InChI is InChI=1S/C23H31N3O4/c1-8-12-25-23(30-15(5)9-2)19(13-24-25)22(27)18-10-11-20(26(28)29)21(17(18)7)16(6)14(3)4/h10-11,13,15H,8-9,12H2,1-7H3. The summed E-state index contributed by atoms with van der Waals surface area (Å²) in [6, 6.07) is 2.94. The van der Waals surface area contributed by atoms with Crippen molar-refractivity contribution < 1.29 is 14.5 Å². The van der Waals surface area contributed by atoms with Crippen molar-refractivity contribution in [3.8, 4) is 5.88 Å². The Balaban J connectivity index is 2.66. The number of ether oxygens (including phenoxy) is 1. The monoisotopic (exact) mass is 413 g/mol.